The van der Waals surface area contributed by atoms with Gasteiger partial charge in [-0.05, 0) is 41.8 Å². The normalized spacial score (nSPS) is 11.3. The number of benzene rings is 2. The smallest absolute Gasteiger partial charge is 0.225 e. The molecule has 0 aliphatic heterocycles. The zero-order chi connectivity index (χ0) is 22.0. The highest BCUT2D eigenvalue weighted by atomic mass is 16.3. The van der Waals surface area contributed by atoms with Gasteiger partial charge in [-0.2, -0.15) is 0 Å². The van der Waals surface area contributed by atoms with Crippen LogP contribution >= 0.6 is 0 Å². The number of unbranched alkanes of at least 4 members (excludes halogenated alkanes) is 6. The van der Waals surface area contributed by atoms with E-state index in [0.717, 1.165) is 17.5 Å². The Morgan fingerprint density at radius 3 is 1.53 bits per heavy atom. The van der Waals surface area contributed by atoms with E-state index in [1.807, 2.05) is 0 Å². The first-order chi connectivity index (χ1) is 15.8. The fraction of sp³-hybridized carbons (Fsp3) is 0.357. The van der Waals surface area contributed by atoms with Gasteiger partial charge in [0.1, 0.15) is 12.5 Å². The SMILES string of the molecule is CCCCCCCCCC(c1ccc(-c2ncco2)cc1)c1ccc(-c2ncco2)cc1. The Hall–Kier alpha value is -3.14. The Balaban J connectivity index is 1.47. The van der Waals surface area contributed by atoms with Gasteiger partial charge in [0.05, 0.1) is 12.4 Å². The van der Waals surface area contributed by atoms with Crippen molar-refractivity contribution in [2.24, 2.45) is 0 Å². The van der Waals surface area contributed by atoms with Gasteiger partial charge in [-0.3, -0.25) is 0 Å². The van der Waals surface area contributed by atoms with Crippen molar-refractivity contribution in [1.82, 2.24) is 9.97 Å². The summed E-state index contributed by atoms with van der Waals surface area (Å²) in [7, 11) is 0. The van der Waals surface area contributed by atoms with Crippen LogP contribution in [0.5, 0.6) is 0 Å². The van der Waals surface area contributed by atoms with Gasteiger partial charge >= 0.3 is 0 Å². The predicted molar refractivity (Wildman–Crippen MR) is 128 cm³/mol. The molecule has 4 rings (SSSR count). The minimum Gasteiger partial charge on any atom is -0.445 e. The molecule has 0 spiro atoms. The molecule has 0 saturated heterocycles. The lowest BCUT2D eigenvalue weighted by Gasteiger charge is -2.19. The molecular weight excluding hydrogens is 396 g/mol. The molecule has 0 saturated carbocycles. The highest BCUT2D eigenvalue weighted by Crippen LogP contribution is 2.33. The van der Waals surface area contributed by atoms with E-state index in [0.29, 0.717) is 17.7 Å². The number of hydrogen-bond donors (Lipinski definition) is 0. The molecule has 0 radical (unpaired) electrons. The van der Waals surface area contributed by atoms with Crippen molar-refractivity contribution in [2.75, 3.05) is 0 Å². The van der Waals surface area contributed by atoms with Crippen LogP contribution in [0.15, 0.2) is 82.3 Å². The minimum absolute atomic E-state index is 0.364. The Bertz CT molecular complexity index is 943. The number of rotatable bonds is 12. The molecular formula is C28H32N2O2. The zero-order valence-corrected chi connectivity index (χ0v) is 18.9. The van der Waals surface area contributed by atoms with Crippen LogP contribution in [-0.4, -0.2) is 9.97 Å². The van der Waals surface area contributed by atoms with Crippen molar-refractivity contribution in [1.29, 1.82) is 0 Å². The quantitative estimate of drug-likeness (QED) is 0.213. The summed E-state index contributed by atoms with van der Waals surface area (Å²) in [5.74, 6) is 1.69. The van der Waals surface area contributed by atoms with Gasteiger partial charge in [-0.1, -0.05) is 76.1 Å². The zero-order valence-electron chi connectivity index (χ0n) is 18.9. The molecule has 2 aromatic heterocycles. The molecule has 4 aromatic rings. The van der Waals surface area contributed by atoms with Crippen LogP contribution in [-0.2, 0) is 0 Å². The van der Waals surface area contributed by atoms with Crippen LogP contribution in [0, 0.1) is 0 Å². The Morgan fingerprint density at radius 2 is 1.09 bits per heavy atom. The third kappa shape index (κ3) is 5.76. The molecule has 4 nitrogen and oxygen atoms in total. The van der Waals surface area contributed by atoms with Gasteiger partial charge < -0.3 is 8.83 Å². The second kappa shape index (κ2) is 11.5. The first-order valence-electron chi connectivity index (χ1n) is 11.8. The maximum Gasteiger partial charge on any atom is 0.225 e. The number of hydrogen-bond acceptors (Lipinski definition) is 4. The fourth-order valence-electron chi connectivity index (χ4n) is 4.28. The van der Waals surface area contributed by atoms with Crippen molar-refractivity contribution in [3.8, 4) is 22.9 Å². The van der Waals surface area contributed by atoms with Gasteiger partial charge in [-0.15, -0.1) is 0 Å². The van der Waals surface area contributed by atoms with Crippen molar-refractivity contribution >= 4 is 0 Å². The van der Waals surface area contributed by atoms with Gasteiger partial charge in [0.2, 0.25) is 11.8 Å². The summed E-state index contributed by atoms with van der Waals surface area (Å²) in [6.45, 7) is 2.27. The third-order valence-electron chi connectivity index (χ3n) is 6.08. The highest BCUT2D eigenvalue weighted by molar-refractivity contribution is 5.56. The number of oxazole rings is 2. The van der Waals surface area contributed by atoms with Crippen LogP contribution in [0.2, 0.25) is 0 Å². The van der Waals surface area contributed by atoms with Crippen molar-refractivity contribution < 1.29 is 8.83 Å². The first kappa shape index (κ1) is 22.1. The lowest BCUT2D eigenvalue weighted by molar-refractivity contribution is 0.558. The standard InChI is InChI=1S/C28H32N2O2/c1-2-3-4-5-6-7-8-9-26(22-10-14-24(15-11-22)27-29-18-20-31-27)23-12-16-25(17-13-23)28-30-19-21-32-28/h10-21,26H,2-9H2,1H3. The minimum atomic E-state index is 0.364. The van der Waals surface area contributed by atoms with E-state index in [1.54, 1.807) is 24.9 Å². The molecule has 0 amide bonds. The summed E-state index contributed by atoms with van der Waals surface area (Å²) >= 11 is 0. The summed E-state index contributed by atoms with van der Waals surface area (Å²) in [5.41, 5.74) is 4.67. The van der Waals surface area contributed by atoms with Crippen molar-refractivity contribution in [2.45, 2.75) is 64.2 Å². The lowest BCUT2D eigenvalue weighted by Crippen LogP contribution is -2.02. The van der Waals surface area contributed by atoms with E-state index in [-0.39, 0.29) is 0 Å². The number of aromatic nitrogens is 2. The molecule has 166 valence electrons. The van der Waals surface area contributed by atoms with E-state index in [9.17, 15) is 0 Å². The van der Waals surface area contributed by atoms with Gasteiger partial charge in [0.25, 0.3) is 0 Å². The lowest BCUT2D eigenvalue weighted by atomic mass is 9.86. The molecule has 4 heteroatoms. The molecule has 32 heavy (non-hydrogen) atoms. The molecule has 0 aliphatic carbocycles. The summed E-state index contributed by atoms with van der Waals surface area (Å²) in [5, 5.41) is 0. The van der Waals surface area contributed by atoms with Crippen LogP contribution in [0.1, 0.15) is 75.3 Å². The predicted octanol–water partition coefficient (Wildman–Crippen LogP) is 8.27. The molecule has 2 aromatic carbocycles. The van der Waals surface area contributed by atoms with E-state index >= 15 is 0 Å². The summed E-state index contributed by atoms with van der Waals surface area (Å²) in [4.78, 5) is 8.53. The number of nitrogens with zero attached hydrogens (tertiary/aromatic N) is 2. The van der Waals surface area contributed by atoms with Crippen molar-refractivity contribution in [3.05, 3.63) is 84.6 Å². The maximum atomic E-state index is 5.45. The topological polar surface area (TPSA) is 52.1 Å². The molecule has 0 N–H and O–H groups in total. The van der Waals surface area contributed by atoms with Gasteiger partial charge in [0.15, 0.2) is 0 Å². The molecule has 0 unspecified atom stereocenters. The molecule has 0 bridgehead atoms. The van der Waals surface area contributed by atoms with E-state index < -0.39 is 0 Å². The van der Waals surface area contributed by atoms with Crippen LogP contribution < -0.4 is 0 Å². The summed E-state index contributed by atoms with van der Waals surface area (Å²) in [6.07, 6.45) is 17.0. The Morgan fingerprint density at radius 1 is 0.625 bits per heavy atom. The largest absolute Gasteiger partial charge is 0.445 e. The summed E-state index contributed by atoms with van der Waals surface area (Å²) < 4.78 is 10.9. The Labute approximate surface area is 190 Å². The second-order valence-electron chi connectivity index (χ2n) is 8.38. The highest BCUT2D eigenvalue weighted by Gasteiger charge is 2.15. The van der Waals surface area contributed by atoms with Crippen LogP contribution in [0.3, 0.4) is 0 Å². The molecule has 0 aliphatic rings. The summed E-state index contributed by atoms with van der Waals surface area (Å²) in [6, 6.07) is 17.3. The Kier molecular flexibility index (Phi) is 7.91. The molecule has 2 heterocycles. The first-order valence-corrected chi connectivity index (χ1v) is 11.8. The van der Waals surface area contributed by atoms with Crippen LogP contribution in [0.25, 0.3) is 22.9 Å². The van der Waals surface area contributed by atoms with Gasteiger partial charge in [0, 0.05) is 17.0 Å². The monoisotopic (exact) mass is 428 g/mol. The average Bonchev–Trinajstić information content (AvgIpc) is 3.56. The maximum absolute atomic E-state index is 5.45. The second-order valence-corrected chi connectivity index (χ2v) is 8.38. The third-order valence-corrected chi connectivity index (χ3v) is 6.08. The van der Waals surface area contributed by atoms with E-state index in [4.69, 9.17) is 8.83 Å². The average molecular weight is 429 g/mol. The fourth-order valence-corrected chi connectivity index (χ4v) is 4.28. The molecule has 0 atom stereocenters. The van der Waals surface area contributed by atoms with Gasteiger partial charge in [-0.25, -0.2) is 9.97 Å². The van der Waals surface area contributed by atoms with Crippen molar-refractivity contribution in [3.63, 3.8) is 0 Å². The van der Waals surface area contributed by atoms with E-state index in [1.165, 1.54) is 56.1 Å². The molecule has 0 fully saturated rings. The van der Waals surface area contributed by atoms with E-state index in [2.05, 4.69) is 65.4 Å². The van der Waals surface area contributed by atoms with Crippen LogP contribution in [0.4, 0.5) is 0 Å².